The van der Waals surface area contributed by atoms with E-state index in [2.05, 4.69) is 0 Å². The van der Waals surface area contributed by atoms with Crippen molar-refractivity contribution in [2.45, 2.75) is 13.5 Å². The summed E-state index contributed by atoms with van der Waals surface area (Å²) in [6.07, 6.45) is 0. The number of nitrogens with zero attached hydrogens (tertiary/aromatic N) is 2. The van der Waals surface area contributed by atoms with Crippen molar-refractivity contribution in [3.63, 3.8) is 0 Å². The normalized spacial score (nSPS) is 10.3. The fourth-order valence-corrected chi connectivity index (χ4v) is 2.70. The van der Waals surface area contributed by atoms with Crippen LogP contribution in [-0.4, -0.2) is 13.1 Å². The first kappa shape index (κ1) is 16.8. The highest BCUT2D eigenvalue weighted by molar-refractivity contribution is 6.03. The van der Waals surface area contributed by atoms with Gasteiger partial charge in [-0.1, -0.05) is 66.2 Å². The van der Waals surface area contributed by atoms with E-state index in [4.69, 9.17) is 0 Å². The molecule has 0 bridgehead atoms. The van der Waals surface area contributed by atoms with Gasteiger partial charge in [0.05, 0.1) is 6.54 Å². The molecule has 3 aromatic carbocycles. The van der Waals surface area contributed by atoms with Crippen molar-refractivity contribution in [1.82, 2.24) is 0 Å². The van der Waals surface area contributed by atoms with E-state index < -0.39 is 0 Å². The summed E-state index contributed by atoms with van der Waals surface area (Å²) in [4.78, 5) is 16.7. The molecule has 3 heteroatoms. The molecule has 0 atom stereocenters. The van der Waals surface area contributed by atoms with E-state index in [0.717, 1.165) is 16.9 Å². The van der Waals surface area contributed by atoms with Crippen molar-refractivity contribution in [2.24, 2.45) is 0 Å². The fraction of sp³-hybridized carbons (Fsp3) is 0.136. The summed E-state index contributed by atoms with van der Waals surface area (Å²) in [6.45, 7) is 2.57. The van der Waals surface area contributed by atoms with Gasteiger partial charge >= 0.3 is 6.03 Å². The van der Waals surface area contributed by atoms with E-state index >= 15 is 0 Å². The zero-order valence-electron chi connectivity index (χ0n) is 14.6. The lowest BCUT2D eigenvalue weighted by Gasteiger charge is -2.28. The Morgan fingerprint density at radius 2 is 1.32 bits per heavy atom. The number of hydrogen-bond acceptors (Lipinski definition) is 1. The van der Waals surface area contributed by atoms with Crippen molar-refractivity contribution in [3.05, 3.63) is 96.1 Å². The van der Waals surface area contributed by atoms with Crippen LogP contribution in [0.4, 0.5) is 16.2 Å². The maximum atomic E-state index is 13.2. The van der Waals surface area contributed by atoms with Crippen LogP contribution in [0, 0.1) is 6.92 Å². The largest absolute Gasteiger partial charge is 0.329 e. The van der Waals surface area contributed by atoms with Crippen LogP contribution in [0.1, 0.15) is 11.1 Å². The molecule has 0 saturated carbocycles. The van der Waals surface area contributed by atoms with Crippen molar-refractivity contribution in [2.75, 3.05) is 16.8 Å². The zero-order chi connectivity index (χ0) is 17.6. The highest BCUT2D eigenvalue weighted by Gasteiger charge is 2.21. The van der Waals surface area contributed by atoms with Gasteiger partial charge in [-0.2, -0.15) is 0 Å². The Bertz CT molecular complexity index is 814. The summed E-state index contributed by atoms with van der Waals surface area (Å²) in [5.74, 6) is 0. The number of carbonyl (C=O) groups excluding carboxylic acids is 1. The summed E-state index contributed by atoms with van der Waals surface area (Å²) in [6, 6.07) is 27.7. The fourth-order valence-electron chi connectivity index (χ4n) is 2.70. The summed E-state index contributed by atoms with van der Waals surface area (Å²) in [5.41, 5.74) is 4.03. The number of benzene rings is 3. The number of amides is 2. The van der Waals surface area contributed by atoms with Gasteiger partial charge in [0.2, 0.25) is 0 Å². The Kier molecular flexibility index (Phi) is 5.14. The van der Waals surface area contributed by atoms with Crippen LogP contribution in [0.15, 0.2) is 84.9 Å². The third kappa shape index (κ3) is 4.07. The van der Waals surface area contributed by atoms with Crippen LogP contribution in [0.2, 0.25) is 0 Å². The smallest absolute Gasteiger partial charge is 0.297 e. The first-order chi connectivity index (χ1) is 12.1. The molecular formula is C22H22N2O. The molecule has 0 N–H and O–H groups in total. The first-order valence-corrected chi connectivity index (χ1v) is 8.36. The standard InChI is InChI=1S/C22H22N2O/c1-18-13-15-21(16-14-18)24(17-19-9-5-3-6-10-19)22(25)23(2)20-11-7-4-8-12-20/h3-16H,17H2,1-2H3. The van der Waals surface area contributed by atoms with Crippen LogP contribution >= 0.6 is 0 Å². The van der Waals surface area contributed by atoms with Gasteiger partial charge in [0.15, 0.2) is 0 Å². The summed E-state index contributed by atoms with van der Waals surface area (Å²) >= 11 is 0. The highest BCUT2D eigenvalue weighted by atomic mass is 16.2. The molecule has 3 rings (SSSR count). The average Bonchev–Trinajstić information content (AvgIpc) is 2.67. The predicted octanol–water partition coefficient (Wildman–Crippen LogP) is 5.26. The predicted molar refractivity (Wildman–Crippen MR) is 104 cm³/mol. The molecule has 126 valence electrons. The Morgan fingerprint density at radius 1 is 0.760 bits per heavy atom. The van der Waals surface area contributed by atoms with Crippen LogP contribution in [0.5, 0.6) is 0 Å². The van der Waals surface area contributed by atoms with E-state index in [-0.39, 0.29) is 6.03 Å². The van der Waals surface area contributed by atoms with Gasteiger partial charge in [-0.05, 0) is 36.8 Å². The molecule has 2 amide bonds. The van der Waals surface area contributed by atoms with Crippen molar-refractivity contribution < 1.29 is 4.79 Å². The van der Waals surface area contributed by atoms with Crippen LogP contribution < -0.4 is 9.80 Å². The van der Waals surface area contributed by atoms with Gasteiger partial charge < -0.3 is 0 Å². The van der Waals surface area contributed by atoms with E-state index in [1.54, 1.807) is 4.90 Å². The monoisotopic (exact) mass is 330 g/mol. The van der Waals surface area contributed by atoms with Gasteiger partial charge in [-0.3, -0.25) is 9.80 Å². The molecular weight excluding hydrogens is 308 g/mol. The molecule has 0 saturated heterocycles. The number of para-hydroxylation sites is 1. The van der Waals surface area contributed by atoms with Crippen molar-refractivity contribution in [1.29, 1.82) is 0 Å². The molecule has 0 aliphatic heterocycles. The quantitative estimate of drug-likeness (QED) is 0.640. The summed E-state index contributed by atoms with van der Waals surface area (Å²) in [7, 11) is 1.81. The van der Waals surface area contributed by atoms with Gasteiger partial charge in [0.1, 0.15) is 0 Å². The van der Waals surface area contributed by atoms with Gasteiger partial charge in [-0.15, -0.1) is 0 Å². The number of aryl methyl sites for hydroxylation is 1. The molecule has 0 aliphatic carbocycles. The molecule has 3 nitrogen and oxygen atoms in total. The number of urea groups is 1. The molecule has 0 radical (unpaired) electrons. The Morgan fingerprint density at radius 3 is 1.92 bits per heavy atom. The summed E-state index contributed by atoms with van der Waals surface area (Å²) in [5, 5.41) is 0. The van der Waals surface area contributed by atoms with Gasteiger partial charge in [-0.25, -0.2) is 4.79 Å². The van der Waals surface area contributed by atoms with E-state index in [0.29, 0.717) is 6.54 Å². The second-order valence-electron chi connectivity index (χ2n) is 6.08. The first-order valence-electron chi connectivity index (χ1n) is 8.36. The third-order valence-electron chi connectivity index (χ3n) is 4.19. The number of carbonyl (C=O) groups is 1. The van der Waals surface area contributed by atoms with Crippen LogP contribution in [0.25, 0.3) is 0 Å². The number of hydrogen-bond donors (Lipinski definition) is 0. The van der Waals surface area contributed by atoms with Crippen molar-refractivity contribution >= 4 is 17.4 Å². The minimum atomic E-state index is -0.0566. The molecule has 0 aromatic heterocycles. The second-order valence-corrected chi connectivity index (χ2v) is 6.08. The molecule has 25 heavy (non-hydrogen) atoms. The molecule has 0 heterocycles. The van der Waals surface area contributed by atoms with Crippen LogP contribution in [-0.2, 0) is 6.54 Å². The SMILES string of the molecule is Cc1ccc(N(Cc2ccccc2)C(=O)N(C)c2ccccc2)cc1. The van der Waals surface area contributed by atoms with E-state index in [1.807, 2.05) is 104 Å². The molecule has 0 spiro atoms. The topological polar surface area (TPSA) is 23.6 Å². The summed E-state index contributed by atoms with van der Waals surface area (Å²) < 4.78 is 0. The van der Waals surface area contributed by atoms with Gasteiger partial charge in [0.25, 0.3) is 0 Å². The minimum absolute atomic E-state index is 0.0566. The number of rotatable bonds is 4. The lowest BCUT2D eigenvalue weighted by atomic mass is 10.1. The Balaban J connectivity index is 1.92. The highest BCUT2D eigenvalue weighted by Crippen LogP contribution is 2.22. The van der Waals surface area contributed by atoms with Gasteiger partial charge in [0, 0.05) is 18.4 Å². The van der Waals surface area contributed by atoms with Crippen LogP contribution in [0.3, 0.4) is 0 Å². The molecule has 0 fully saturated rings. The maximum absolute atomic E-state index is 13.2. The second kappa shape index (κ2) is 7.67. The Hall–Kier alpha value is -3.07. The molecule has 0 unspecified atom stereocenters. The van der Waals surface area contributed by atoms with E-state index in [1.165, 1.54) is 5.56 Å². The molecule has 0 aliphatic rings. The Labute approximate surface area is 149 Å². The minimum Gasteiger partial charge on any atom is -0.297 e. The zero-order valence-corrected chi connectivity index (χ0v) is 14.6. The van der Waals surface area contributed by atoms with E-state index in [9.17, 15) is 4.79 Å². The molecule has 3 aromatic rings. The maximum Gasteiger partial charge on any atom is 0.329 e. The number of anilines is 2. The third-order valence-corrected chi connectivity index (χ3v) is 4.19. The average molecular weight is 330 g/mol. The lowest BCUT2D eigenvalue weighted by molar-refractivity contribution is 0.252. The lowest BCUT2D eigenvalue weighted by Crippen LogP contribution is -2.41. The van der Waals surface area contributed by atoms with Crippen molar-refractivity contribution in [3.8, 4) is 0 Å².